The molecule has 5 heteroatoms. The lowest BCUT2D eigenvalue weighted by Crippen LogP contribution is -2.01. The molecule has 0 fully saturated rings. The fourth-order valence-corrected chi connectivity index (χ4v) is 1.45. The highest BCUT2D eigenvalue weighted by atomic mass is 16.5. The largest absolute Gasteiger partial charge is 0.476 e. The minimum atomic E-state index is -1.19. The fourth-order valence-electron chi connectivity index (χ4n) is 1.45. The van der Waals surface area contributed by atoms with Gasteiger partial charge < -0.3 is 15.4 Å². The molecule has 5 nitrogen and oxygen atoms in total. The van der Waals surface area contributed by atoms with Gasteiger partial charge in [-0.1, -0.05) is 28.9 Å². The summed E-state index contributed by atoms with van der Waals surface area (Å²) >= 11 is 0. The quantitative estimate of drug-likeness (QED) is 0.803. The molecule has 0 saturated heterocycles. The van der Waals surface area contributed by atoms with Crippen molar-refractivity contribution < 1.29 is 14.4 Å². The van der Waals surface area contributed by atoms with Crippen LogP contribution in [0.2, 0.25) is 0 Å². The Hall–Kier alpha value is -2.30. The summed E-state index contributed by atoms with van der Waals surface area (Å²) < 4.78 is 4.94. The number of aromatic carboxylic acids is 1. The number of benzene rings is 1. The van der Waals surface area contributed by atoms with Crippen LogP contribution in [0.1, 0.15) is 16.1 Å². The van der Waals surface area contributed by atoms with Gasteiger partial charge in [0.1, 0.15) is 5.69 Å². The third kappa shape index (κ3) is 1.63. The lowest BCUT2D eigenvalue weighted by atomic mass is 10.1. The minimum absolute atomic E-state index is 0.0538. The van der Waals surface area contributed by atoms with Gasteiger partial charge in [-0.05, 0) is 13.0 Å². The summed E-state index contributed by atoms with van der Waals surface area (Å²) in [5.41, 5.74) is 7.20. The van der Waals surface area contributed by atoms with E-state index in [1.165, 1.54) is 0 Å². The van der Waals surface area contributed by atoms with E-state index in [9.17, 15) is 4.79 Å². The normalized spacial score (nSPS) is 10.3. The summed E-state index contributed by atoms with van der Waals surface area (Å²) in [5, 5.41) is 12.2. The van der Waals surface area contributed by atoms with Crippen molar-refractivity contribution >= 4 is 11.7 Å². The number of aromatic nitrogens is 1. The molecule has 2 aromatic rings. The standard InChI is InChI=1S/C11H10N2O3/c1-6-3-2-4-7(5-6)10-8(12)9(11(14)15)13-16-10/h2-5H,12H2,1H3,(H,14,15). The molecule has 1 aromatic heterocycles. The van der Waals surface area contributed by atoms with Gasteiger partial charge in [0, 0.05) is 5.56 Å². The van der Waals surface area contributed by atoms with Crippen LogP contribution in [0.3, 0.4) is 0 Å². The number of carboxylic acids is 1. The van der Waals surface area contributed by atoms with Crippen LogP contribution in [0.4, 0.5) is 5.69 Å². The van der Waals surface area contributed by atoms with Crippen molar-refractivity contribution in [2.45, 2.75) is 6.92 Å². The Morgan fingerprint density at radius 2 is 2.25 bits per heavy atom. The molecule has 3 N–H and O–H groups in total. The zero-order valence-corrected chi connectivity index (χ0v) is 8.60. The SMILES string of the molecule is Cc1cccc(-c2onc(C(=O)O)c2N)c1. The van der Waals surface area contributed by atoms with E-state index in [2.05, 4.69) is 5.16 Å². The number of anilines is 1. The van der Waals surface area contributed by atoms with Crippen LogP contribution in [0, 0.1) is 6.92 Å². The van der Waals surface area contributed by atoms with E-state index in [-0.39, 0.29) is 11.4 Å². The first-order valence-electron chi connectivity index (χ1n) is 4.65. The lowest BCUT2D eigenvalue weighted by Gasteiger charge is -1.98. The van der Waals surface area contributed by atoms with E-state index in [1.807, 2.05) is 25.1 Å². The molecule has 0 amide bonds. The van der Waals surface area contributed by atoms with Crippen molar-refractivity contribution in [1.82, 2.24) is 5.16 Å². The van der Waals surface area contributed by atoms with E-state index in [1.54, 1.807) is 6.07 Å². The first-order chi connectivity index (χ1) is 7.59. The fraction of sp³-hybridized carbons (Fsp3) is 0.0909. The monoisotopic (exact) mass is 218 g/mol. The molecule has 1 aromatic carbocycles. The van der Waals surface area contributed by atoms with Gasteiger partial charge in [-0.15, -0.1) is 0 Å². The third-order valence-electron chi connectivity index (χ3n) is 2.21. The van der Waals surface area contributed by atoms with Crippen LogP contribution >= 0.6 is 0 Å². The summed E-state index contributed by atoms with van der Waals surface area (Å²) in [6.45, 7) is 1.92. The highest BCUT2D eigenvalue weighted by molar-refractivity contribution is 5.94. The molecule has 0 bridgehead atoms. The molecule has 2 rings (SSSR count). The van der Waals surface area contributed by atoms with Crippen LogP contribution in [-0.4, -0.2) is 16.2 Å². The minimum Gasteiger partial charge on any atom is -0.476 e. The predicted octanol–water partition coefficient (Wildman–Crippen LogP) is 1.93. The average Bonchev–Trinajstić information content (AvgIpc) is 2.60. The number of carboxylic acid groups (broad SMARTS) is 1. The smallest absolute Gasteiger partial charge is 0.360 e. The van der Waals surface area contributed by atoms with Gasteiger partial charge in [-0.3, -0.25) is 0 Å². The number of nitrogens with two attached hydrogens (primary N) is 1. The highest BCUT2D eigenvalue weighted by Crippen LogP contribution is 2.28. The maximum absolute atomic E-state index is 10.7. The number of nitrogens with zero attached hydrogens (tertiary/aromatic N) is 1. The topological polar surface area (TPSA) is 89.3 Å². The number of nitrogen functional groups attached to an aromatic ring is 1. The molecule has 0 aliphatic rings. The second-order valence-corrected chi connectivity index (χ2v) is 3.45. The molecule has 0 aliphatic carbocycles. The molecule has 0 saturated carbocycles. The highest BCUT2D eigenvalue weighted by Gasteiger charge is 2.19. The molecule has 0 radical (unpaired) electrons. The van der Waals surface area contributed by atoms with Gasteiger partial charge in [-0.25, -0.2) is 4.79 Å². The Balaban J connectivity index is 2.53. The van der Waals surface area contributed by atoms with E-state index >= 15 is 0 Å². The summed E-state index contributed by atoms with van der Waals surface area (Å²) in [6, 6.07) is 7.40. The summed E-state index contributed by atoms with van der Waals surface area (Å²) in [4.78, 5) is 10.7. The third-order valence-corrected chi connectivity index (χ3v) is 2.21. The Morgan fingerprint density at radius 1 is 1.50 bits per heavy atom. The Morgan fingerprint density at radius 3 is 2.81 bits per heavy atom. The maximum atomic E-state index is 10.7. The number of aryl methyl sites for hydroxylation is 1. The lowest BCUT2D eigenvalue weighted by molar-refractivity contribution is 0.0687. The van der Waals surface area contributed by atoms with E-state index < -0.39 is 5.97 Å². The average molecular weight is 218 g/mol. The van der Waals surface area contributed by atoms with Crippen molar-refractivity contribution in [1.29, 1.82) is 0 Å². The van der Waals surface area contributed by atoms with E-state index in [0.29, 0.717) is 5.76 Å². The van der Waals surface area contributed by atoms with Crippen LogP contribution in [0.15, 0.2) is 28.8 Å². The van der Waals surface area contributed by atoms with Crippen LogP contribution in [-0.2, 0) is 0 Å². The maximum Gasteiger partial charge on any atom is 0.360 e. The molecule has 1 heterocycles. The first-order valence-corrected chi connectivity index (χ1v) is 4.65. The molecule has 0 aliphatic heterocycles. The zero-order valence-electron chi connectivity index (χ0n) is 8.60. The Labute approximate surface area is 91.5 Å². The number of hydrogen-bond acceptors (Lipinski definition) is 4. The number of carbonyl (C=O) groups is 1. The summed E-state index contributed by atoms with van der Waals surface area (Å²) in [6.07, 6.45) is 0. The molecule has 16 heavy (non-hydrogen) atoms. The van der Waals surface area contributed by atoms with Gasteiger partial charge in [0.2, 0.25) is 5.69 Å². The van der Waals surface area contributed by atoms with Gasteiger partial charge in [-0.2, -0.15) is 0 Å². The molecular weight excluding hydrogens is 208 g/mol. The van der Waals surface area contributed by atoms with Gasteiger partial charge in [0.25, 0.3) is 0 Å². The predicted molar refractivity (Wildman–Crippen MR) is 58.0 cm³/mol. The summed E-state index contributed by atoms with van der Waals surface area (Å²) in [5.74, 6) is -0.902. The second kappa shape index (κ2) is 3.69. The molecule has 0 atom stereocenters. The Kier molecular flexibility index (Phi) is 2.36. The van der Waals surface area contributed by atoms with Gasteiger partial charge in [0.05, 0.1) is 0 Å². The number of rotatable bonds is 2. The van der Waals surface area contributed by atoms with Crippen LogP contribution in [0.5, 0.6) is 0 Å². The second-order valence-electron chi connectivity index (χ2n) is 3.45. The van der Waals surface area contributed by atoms with Crippen LogP contribution in [0.25, 0.3) is 11.3 Å². The molecular formula is C11H10N2O3. The van der Waals surface area contributed by atoms with E-state index in [0.717, 1.165) is 11.1 Å². The van der Waals surface area contributed by atoms with Crippen molar-refractivity contribution in [2.75, 3.05) is 5.73 Å². The summed E-state index contributed by atoms with van der Waals surface area (Å²) in [7, 11) is 0. The van der Waals surface area contributed by atoms with Crippen LogP contribution < -0.4 is 5.73 Å². The van der Waals surface area contributed by atoms with Crippen molar-refractivity contribution in [3.8, 4) is 11.3 Å². The molecule has 0 spiro atoms. The first kappa shape index (κ1) is 10.2. The van der Waals surface area contributed by atoms with Gasteiger partial charge in [0.15, 0.2) is 5.76 Å². The zero-order chi connectivity index (χ0) is 11.7. The number of hydrogen-bond donors (Lipinski definition) is 2. The van der Waals surface area contributed by atoms with Crippen molar-refractivity contribution in [3.05, 3.63) is 35.5 Å². The molecule has 0 unspecified atom stereocenters. The molecule has 82 valence electrons. The van der Waals surface area contributed by atoms with Gasteiger partial charge >= 0.3 is 5.97 Å². The Bertz CT molecular complexity index is 546. The van der Waals surface area contributed by atoms with Crippen molar-refractivity contribution in [3.63, 3.8) is 0 Å². The van der Waals surface area contributed by atoms with Crippen molar-refractivity contribution in [2.24, 2.45) is 0 Å². The van der Waals surface area contributed by atoms with E-state index in [4.69, 9.17) is 15.4 Å².